The molecule has 0 bridgehead atoms. The van der Waals surface area contributed by atoms with Gasteiger partial charge < -0.3 is 10.4 Å². The van der Waals surface area contributed by atoms with Crippen LogP contribution in [0.3, 0.4) is 0 Å². The maximum atomic E-state index is 11.8. The van der Waals surface area contributed by atoms with Gasteiger partial charge in [-0.2, -0.15) is 5.10 Å². The molecule has 2 rings (SSSR count). The molecule has 0 spiro atoms. The lowest BCUT2D eigenvalue weighted by Crippen LogP contribution is -2.35. The topological polar surface area (TPSA) is 90.8 Å². The molecule has 3 N–H and O–H groups in total. The molecule has 0 fully saturated rings. The lowest BCUT2D eigenvalue weighted by Gasteiger charge is -2.06. The third-order valence-corrected chi connectivity index (χ3v) is 3.09. The smallest absolute Gasteiger partial charge is 0.259 e. The van der Waals surface area contributed by atoms with Gasteiger partial charge in [-0.25, -0.2) is 5.43 Å². The van der Waals surface area contributed by atoms with E-state index in [1.807, 2.05) is 0 Å². The molecule has 0 heterocycles. The van der Waals surface area contributed by atoms with Crippen LogP contribution < -0.4 is 10.7 Å². The summed E-state index contributed by atoms with van der Waals surface area (Å²) in [6, 6.07) is 15.3. The predicted molar refractivity (Wildman–Crippen MR) is 87.2 cm³/mol. The van der Waals surface area contributed by atoms with E-state index >= 15 is 0 Å². The van der Waals surface area contributed by atoms with Crippen molar-refractivity contribution in [3.63, 3.8) is 0 Å². The molecule has 0 aliphatic rings. The van der Waals surface area contributed by atoms with Gasteiger partial charge in [-0.3, -0.25) is 9.59 Å². The molecule has 2 aromatic carbocycles. The van der Waals surface area contributed by atoms with Gasteiger partial charge in [-0.05, 0) is 31.2 Å². The first-order valence-corrected chi connectivity index (χ1v) is 7.02. The fourth-order valence-corrected chi connectivity index (χ4v) is 1.88. The average Bonchev–Trinajstić information content (AvgIpc) is 2.58. The molecule has 0 aliphatic heterocycles. The van der Waals surface area contributed by atoms with E-state index in [9.17, 15) is 14.7 Å². The van der Waals surface area contributed by atoms with Gasteiger partial charge in [0.05, 0.1) is 12.3 Å². The second kappa shape index (κ2) is 7.74. The predicted octanol–water partition coefficient (Wildman–Crippen LogP) is 1.66. The molecule has 118 valence electrons. The summed E-state index contributed by atoms with van der Waals surface area (Å²) in [5, 5.41) is 16.1. The van der Waals surface area contributed by atoms with Gasteiger partial charge in [0.1, 0.15) is 5.75 Å². The first-order valence-electron chi connectivity index (χ1n) is 7.02. The lowest BCUT2D eigenvalue weighted by molar-refractivity contribution is -0.120. The van der Waals surface area contributed by atoms with Crippen molar-refractivity contribution >= 4 is 17.5 Å². The highest BCUT2D eigenvalue weighted by Gasteiger charge is 2.08. The van der Waals surface area contributed by atoms with E-state index < -0.39 is 5.91 Å². The number of amides is 2. The zero-order valence-corrected chi connectivity index (χ0v) is 12.6. The number of rotatable bonds is 5. The zero-order chi connectivity index (χ0) is 16.7. The fourth-order valence-electron chi connectivity index (χ4n) is 1.88. The zero-order valence-electron chi connectivity index (χ0n) is 12.6. The first-order chi connectivity index (χ1) is 11.1. The van der Waals surface area contributed by atoms with Crippen LogP contribution in [-0.2, 0) is 4.79 Å². The van der Waals surface area contributed by atoms with Crippen molar-refractivity contribution in [1.82, 2.24) is 10.7 Å². The quantitative estimate of drug-likeness (QED) is 0.579. The minimum atomic E-state index is -0.455. The molecule has 6 nitrogen and oxygen atoms in total. The Labute approximate surface area is 133 Å². The summed E-state index contributed by atoms with van der Waals surface area (Å²) >= 11 is 0. The summed E-state index contributed by atoms with van der Waals surface area (Å²) in [7, 11) is 0. The summed E-state index contributed by atoms with van der Waals surface area (Å²) in [4.78, 5) is 23.5. The molecule has 0 saturated carbocycles. The van der Waals surface area contributed by atoms with Crippen LogP contribution in [0.2, 0.25) is 0 Å². The second-order valence-corrected chi connectivity index (χ2v) is 4.80. The molecule has 6 heteroatoms. The number of hydrazone groups is 1. The number of phenols is 1. The minimum Gasteiger partial charge on any atom is -0.507 e. The van der Waals surface area contributed by atoms with Gasteiger partial charge in [0.2, 0.25) is 0 Å². The van der Waals surface area contributed by atoms with Gasteiger partial charge >= 0.3 is 0 Å². The Hall–Kier alpha value is -3.15. The van der Waals surface area contributed by atoms with Gasteiger partial charge in [-0.15, -0.1) is 0 Å². The SMILES string of the molecule is CC(=NNC(=O)CNC(=O)c1ccccc1)c1ccccc1O. The van der Waals surface area contributed by atoms with Crippen molar-refractivity contribution < 1.29 is 14.7 Å². The molecule has 0 atom stereocenters. The van der Waals surface area contributed by atoms with Crippen molar-refractivity contribution in [2.45, 2.75) is 6.92 Å². The monoisotopic (exact) mass is 311 g/mol. The number of hydrogen-bond donors (Lipinski definition) is 3. The van der Waals surface area contributed by atoms with Crippen LogP contribution >= 0.6 is 0 Å². The fraction of sp³-hybridized carbons (Fsp3) is 0.118. The van der Waals surface area contributed by atoms with Gasteiger partial charge in [0, 0.05) is 11.1 Å². The van der Waals surface area contributed by atoms with E-state index in [1.165, 1.54) is 6.07 Å². The van der Waals surface area contributed by atoms with Crippen LogP contribution in [0.1, 0.15) is 22.8 Å². The number of para-hydroxylation sites is 1. The molecular weight excluding hydrogens is 294 g/mol. The van der Waals surface area contributed by atoms with E-state index in [-0.39, 0.29) is 18.2 Å². The Kier molecular flexibility index (Phi) is 5.46. The average molecular weight is 311 g/mol. The molecule has 0 radical (unpaired) electrons. The van der Waals surface area contributed by atoms with Crippen LogP contribution in [0.15, 0.2) is 59.7 Å². The molecule has 0 saturated heterocycles. The number of carbonyl (C=O) groups is 2. The molecule has 0 aliphatic carbocycles. The van der Waals surface area contributed by atoms with E-state index in [0.29, 0.717) is 16.8 Å². The van der Waals surface area contributed by atoms with Gasteiger partial charge in [0.15, 0.2) is 0 Å². The van der Waals surface area contributed by atoms with Crippen molar-refractivity contribution in [2.24, 2.45) is 5.10 Å². The van der Waals surface area contributed by atoms with Gasteiger partial charge in [0.25, 0.3) is 11.8 Å². The highest BCUT2D eigenvalue weighted by atomic mass is 16.3. The standard InChI is InChI=1S/C17H17N3O3/c1-12(14-9-5-6-10-15(14)21)19-20-16(22)11-18-17(23)13-7-3-2-4-8-13/h2-10,21H,11H2,1H3,(H,18,23)(H,20,22). The third kappa shape index (κ3) is 4.67. The summed E-state index contributed by atoms with van der Waals surface area (Å²) in [6.45, 7) is 1.48. The molecular formula is C17H17N3O3. The highest BCUT2D eigenvalue weighted by Crippen LogP contribution is 2.15. The summed E-state index contributed by atoms with van der Waals surface area (Å²) < 4.78 is 0. The largest absolute Gasteiger partial charge is 0.507 e. The molecule has 2 aromatic rings. The number of phenolic OH excluding ortho intramolecular Hbond substituents is 1. The van der Waals surface area contributed by atoms with Crippen molar-refractivity contribution in [3.05, 3.63) is 65.7 Å². The Morgan fingerprint density at radius 3 is 2.39 bits per heavy atom. The van der Waals surface area contributed by atoms with E-state index in [1.54, 1.807) is 55.5 Å². The van der Waals surface area contributed by atoms with E-state index in [0.717, 1.165) is 0 Å². The number of hydrogen-bond acceptors (Lipinski definition) is 4. The van der Waals surface area contributed by atoms with Crippen LogP contribution in [-0.4, -0.2) is 29.2 Å². The van der Waals surface area contributed by atoms with Crippen LogP contribution in [0, 0.1) is 0 Å². The Balaban J connectivity index is 1.87. The van der Waals surface area contributed by atoms with E-state index in [4.69, 9.17) is 0 Å². The Morgan fingerprint density at radius 1 is 1.04 bits per heavy atom. The molecule has 0 unspecified atom stereocenters. The summed E-state index contributed by atoms with van der Waals surface area (Å²) in [5.74, 6) is -0.702. The normalized spacial score (nSPS) is 10.9. The number of carbonyl (C=O) groups excluding carboxylic acids is 2. The first kappa shape index (κ1) is 16.2. The third-order valence-electron chi connectivity index (χ3n) is 3.09. The lowest BCUT2D eigenvalue weighted by atomic mass is 10.1. The minimum absolute atomic E-state index is 0.0837. The van der Waals surface area contributed by atoms with Crippen LogP contribution in [0.5, 0.6) is 5.75 Å². The van der Waals surface area contributed by atoms with Crippen LogP contribution in [0.25, 0.3) is 0 Å². The molecule has 23 heavy (non-hydrogen) atoms. The summed E-state index contributed by atoms with van der Waals surface area (Å²) in [6.07, 6.45) is 0. The van der Waals surface area contributed by atoms with Crippen LogP contribution in [0.4, 0.5) is 0 Å². The van der Waals surface area contributed by atoms with Gasteiger partial charge in [-0.1, -0.05) is 30.3 Å². The molecule has 2 amide bonds. The second-order valence-electron chi connectivity index (χ2n) is 4.80. The Morgan fingerprint density at radius 2 is 1.70 bits per heavy atom. The maximum absolute atomic E-state index is 11.8. The van der Waals surface area contributed by atoms with Crippen molar-refractivity contribution in [2.75, 3.05) is 6.54 Å². The number of nitrogens with one attached hydrogen (secondary N) is 2. The summed E-state index contributed by atoms with van der Waals surface area (Å²) in [5.41, 5.74) is 3.81. The number of aromatic hydroxyl groups is 1. The molecule has 0 aromatic heterocycles. The number of nitrogens with zero attached hydrogens (tertiary/aromatic N) is 1. The maximum Gasteiger partial charge on any atom is 0.259 e. The van der Waals surface area contributed by atoms with Crippen molar-refractivity contribution in [3.8, 4) is 5.75 Å². The van der Waals surface area contributed by atoms with E-state index in [2.05, 4.69) is 15.8 Å². The number of benzene rings is 2. The highest BCUT2D eigenvalue weighted by molar-refractivity contribution is 6.01. The Bertz CT molecular complexity index is 727. The van der Waals surface area contributed by atoms with Crippen molar-refractivity contribution in [1.29, 1.82) is 0 Å².